The molecule has 1 aliphatic rings. The van der Waals surface area contributed by atoms with E-state index in [4.69, 9.17) is 0 Å². The fourth-order valence-electron chi connectivity index (χ4n) is 2.48. The molecule has 2 atom stereocenters. The molecule has 1 fully saturated rings. The lowest BCUT2D eigenvalue weighted by Crippen LogP contribution is -2.48. The van der Waals surface area contributed by atoms with E-state index in [1.54, 1.807) is 0 Å². The van der Waals surface area contributed by atoms with Gasteiger partial charge in [0.1, 0.15) is 0 Å². The van der Waals surface area contributed by atoms with Gasteiger partial charge in [-0.05, 0) is 59.7 Å². The van der Waals surface area contributed by atoms with E-state index < -0.39 is 0 Å². The molecule has 2 unspecified atom stereocenters. The van der Waals surface area contributed by atoms with Gasteiger partial charge in [-0.25, -0.2) is 0 Å². The van der Waals surface area contributed by atoms with Crippen LogP contribution in [-0.4, -0.2) is 48.6 Å². The zero-order chi connectivity index (χ0) is 13.5. The highest BCUT2D eigenvalue weighted by molar-refractivity contribution is 5.81. The lowest BCUT2D eigenvalue weighted by atomic mass is 10.1. The zero-order valence-corrected chi connectivity index (χ0v) is 12.3. The summed E-state index contributed by atoms with van der Waals surface area (Å²) in [6.07, 6.45) is 3.55. The van der Waals surface area contributed by atoms with E-state index in [0.717, 1.165) is 19.5 Å². The van der Waals surface area contributed by atoms with Gasteiger partial charge in [0.15, 0.2) is 0 Å². The average molecular weight is 255 g/mol. The van der Waals surface area contributed by atoms with Crippen LogP contribution in [0.1, 0.15) is 47.0 Å². The first-order valence-electron chi connectivity index (χ1n) is 7.31. The van der Waals surface area contributed by atoms with Gasteiger partial charge in [0.25, 0.3) is 0 Å². The SMILES string of the molecule is CCN1CCCC(NC(C)C(=O)NC(C)C)CC1. The van der Waals surface area contributed by atoms with Crippen LogP contribution in [0.25, 0.3) is 0 Å². The molecule has 1 rings (SSSR count). The summed E-state index contributed by atoms with van der Waals surface area (Å²) in [5, 5.41) is 6.43. The molecule has 0 spiro atoms. The van der Waals surface area contributed by atoms with Crippen molar-refractivity contribution in [2.45, 2.75) is 65.1 Å². The Balaban J connectivity index is 2.35. The summed E-state index contributed by atoms with van der Waals surface area (Å²) in [5.41, 5.74) is 0. The molecule has 1 aliphatic heterocycles. The van der Waals surface area contributed by atoms with Crippen molar-refractivity contribution in [3.05, 3.63) is 0 Å². The van der Waals surface area contributed by atoms with Crippen LogP contribution >= 0.6 is 0 Å². The van der Waals surface area contributed by atoms with Crippen LogP contribution in [0.3, 0.4) is 0 Å². The van der Waals surface area contributed by atoms with E-state index in [1.165, 1.54) is 19.4 Å². The molecule has 0 aromatic carbocycles. The quantitative estimate of drug-likeness (QED) is 0.780. The van der Waals surface area contributed by atoms with Crippen molar-refractivity contribution in [2.24, 2.45) is 0 Å². The Bertz CT molecular complexity index is 255. The van der Waals surface area contributed by atoms with Gasteiger partial charge < -0.3 is 15.5 Å². The van der Waals surface area contributed by atoms with Crippen molar-refractivity contribution in [1.82, 2.24) is 15.5 Å². The maximum absolute atomic E-state index is 11.8. The number of nitrogens with zero attached hydrogens (tertiary/aromatic N) is 1. The first-order chi connectivity index (χ1) is 8.52. The molecule has 18 heavy (non-hydrogen) atoms. The molecular weight excluding hydrogens is 226 g/mol. The van der Waals surface area contributed by atoms with Crippen molar-refractivity contribution in [2.75, 3.05) is 19.6 Å². The molecule has 0 aromatic rings. The summed E-state index contributed by atoms with van der Waals surface area (Å²) in [6.45, 7) is 11.6. The molecule has 1 amide bonds. The summed E-state index contributed by atoms with van der Waals surface area (Å²) in [4.78, 5) is 14.3. The summed E-state index contributed by atoms with van der Waals surface area (Å²) >= 11 is 0. The molecule has 106 valence electrons. The van der Waals surface area contributed by atoms with Gasteiger partial charge in [-0.1, -0.05) is 6.92 Å². The second kappa shape index (κ2) is 7.74. The minimum atomic E-state index is -0.0921. The van der Waals surface area contributed by atoms with Crippen molar-refractivity contribution < 1.29 is 4.79 Å². The number of amides is 1. The lowest BCUT2D eigenvalue weighted by molar-refractivity contribution is -0.123. The fraction of sp³-hybridized carbons (Fsp3) is 0.929. The molecule has 0 saturated carbocycles. The number of nitrogens with one attached hydrogen (secondary N) is 2. The first-order valence-corrected chi connectivity index (χ1v) is 7.31. The number of carbonyl (C=O) groups is 1. The maximum Gasteiger partial charge on any atom is 0.237 e. The topological polar surface area (TPSA) is 44.4 Å². The molecule has 1 saturated heterocycles. The molecule has 1 heterocycles. The molecule has 2 N–H and O–H groups in total. The number of carbonyl (C=O) groups excluding carboxylic acids is 1. The highest BCUT2D eigenvalue weighted by Gasteiger charge is 2.20. The van der Waals surface area contributed by atoms with Crippen LogP contribution in [0.5, 0.6) is 0 Å². The number of hydrogen-bond donors (Lipinski definition) is 2. The predicted octanol–water partition coefficient (Wildman–Crippen LogP) is 1.36. The van der Waals surface area contributed by atoms with Crippen molar-refractivity contribution in [1.29, 1.82) is 0 Å². The lowest BCUT2D eigenvalue weighted by Gasteiger charge is -2.22. The third kappa shape index (κ3) is 5.36. The van der Waals surface area contributed by atoms with Gasteiger partial charge in [-0.2, -0.15) is 0 Å². The molecular formula is C14H29N3O. The molecule has 0 radical (unpaired) electrons. The monoisotopic (exact) mass is 255 g/mol. The minimum Gasteiger partial charge on any atom is -0.353 e. The second-order valence-corrected chi connectivity index (χ2v) is 5.61. The third-order valence-corrected chi connectivity index (χ3v) is 3.58. The van der Waals surface area contributed by atoms with Crippen LogP contribution in [0.2, 0.25) is 0 Å². The number of likely N-dealkylation sites (tertiary alicyclic amines) is 1. The summed E-state index contributed by atoms with van der Waals surface area (Å²) in [6, 6.07) is 0.603. The van der Waals surface area contributed by atoms with E-state index in [1.807, 2.05) is 20.8 Å². The first kappa shape index (κ1) is 15.4. The van der Waals surface area contributed by atoms with Crippen LogP contribution in [0.4, 0.5) is 0 Å². The molecule has 0 bridgehead atoms. The second-order valence-electron chi connectivity index (χ2n) is 5.61. The summed E-state index contributed by atoms with van der Waals surface area (Å²) in [5.74, 6) is 0.113. The number of hydrogen-bond acceptors (Lipinski definition) is 3. The van der Waals surface area contributed by atoms with Crippen molar-refractivity contribution in [3.8, 4) is 0 Å². The molecule has 4 nitrogen and oxygen atoms in total. The summed E-state index contributed by atoms with van der Waals surface area (Å²) < 4.78 is 0. The predicted molar refractivity (Wildman–Crippen MR) is 75.6 cm³/mol. The Morgan fingerprint density at radius 2 is 2.00 bits per heavy atom. The van der Waals surface area contributed by atoms with E-state index in [9.17, 15) is 4.79 Å². The zero-order valence-electron chi connectivity index (χ0n) is 12.3. The van der Waals surface area contributed by atoms with E-state index in [-0.39, 0.29) is 18.0 Å². The van der Waals surface area contributed by atoms with Gasteiger partial charge >= 0.3 is 0 Å². The van der Waals surface area contributed by atoms with Gasteiger partial charge in [-0.3, -0.25) is 4.79 Å². The van der Waals surface area contributed by atoms with Crippen molar-refractivity contribution in [3.63, 3.8) is 0 Å². The van der Waals surface area contributed by atoms with Crippen LogP contribution < -0.4 is 10.6 Å². The fourth-order valence-corrected chi connectivity index (χ4v) is 2.48. The van der Waals surface area contributed by atoms with Gasteiger partial charge in [0, 0.05) is 12.1 Å². The van der Waals surface area contributed by atoms with Crippen LogP contribution in [0.15, 0.2) is 0 Å². The smallest absolute Gasteiger partial charge is 0.237 e. The Labute approximate surface area is 111 Å². The Kier molecular flexibility index (Phi) is 6.65. The van der Waals surface area contributed by atoms with Crippen molar-refractivity contribution >= 4 is 5.91 Å². The van der Waals surface area contributed by atoms with Gasteiger partial charge in [-0.15, -0.1) is 0 Å². The molecule has 0 aromatic heterocycles. The Morgan fingerprint density at radius 1 is 1.28 bits per heavy atom. The average Bonchev–Trinajstić information content (AvgIpc) is 2.53. The van der Waals surface area contributed by atoms with E-state index in [0.29, 0.717) is 6.04 Å². The largest absolute Gasteiger partial charge is 0.353 e. The standard InChI is InChI=1S/C14H29N3O/c1-5-17-9-6-7-13(8-10-17)16-12(4)14(18)15-11(2)3/h11-13,16H,5-10H2,1-4H3,(H,15,18). The normalized spacial score (nSPS) is 23.7. The molecule has 4 heteroatoms. The minimum absolute atomic E-state index is 0.0921. The van der Waals surface area contributed by atoms with Crippen LogP contribution in [0, 0.1) is 0 Å². The highest BCUT2D eigenvalue weighted by atomic mass is 16.2. The van der Waals surface area contributed by atoms with E-state index in [2.05, 4.69) is 22.5 Å². The molecule has 0 aliphatic carbocycles. The Hall–Kier alpha value is -0.610. The van der Waals surface area contributed by atoms with Crippen LogP contribution in [-0.2, 0) is 4.79 Å². The number of rotatable bonds is 5. The maximum atomic E-state index is 11.8. The highest BCUT2D eigenvalue weighted by Crippen LogP contribution is 2.11. The van der Waals surface area contributed by atoms with E-state index >= 15 is 0 Å². The van der Waals surface area contributed by atoms with Gasteiger partial charge in [0.05, 0.1) is 6.04 Å². The Morgan fingerprint density at radius 3 is 2.61 bits per heavy atom. The van der Waals surface area contributed by atoms with Gasteiger partial charge in [0.2, 0.25) is 5.91 Å². The third-order valence-electron chi connectivity index (χ3n) is 3.58. The summed E-state index contributed by atoms with van der Waals surface area (Å²) in [7, 11) is 0.